The Kier molecular flexibility index (Phi) is 4.95. The number of nitrogens with one attached hydrogen (secondary N) is 2. The number of carbonyl (C=O) groups is 1. The number of halogens is 2. The molecule has 6 heteroatoms. The van der Waals surface area contributed by atoms with Crippen molar-refractivity contribution < 1.29 is 13.9 Å². The molecule has 2 aliphatic rings. The second kappa shape index (κ2) is 5.80. The van der Waals surface area contributed by atoms with E-state index in [4.69, 9.17) is 4.74 Å². The third-order valence-electron chi connectivity index (χ3n) is 3.10. The van der Waals surface area contributed by atoms with Crippen LogP contribution in [0, 0.1) is 0 Å². The first kappa shape index (κ1) is 13.7. The Morgan fingerprint density at radius 2 is 2.31 bits per heavy atom. The van der Waals surface area contributed by atoms with Gasteiger partial charge in [-0.1, -0.05) is 0 Å². The molecule has 16 heavy (non-hydrogen) atoms. The molecule has 0 aromatic rings. The summed E-state index contributed by atoms with van der Waals surface area (Å²) in [5.41, 5.74) is 0. The van der Waals surface area contributed by atoms with Gasteiger partial charge < -0.3 is 15.4 Å². The van der Waals surface area contributed by atoms with E-state index in [9.17, 15) is 9.18 Å². The topological polar surface area (TPSA) is 50.4 Å². The van der Waals surface area contributed by atoms with Crippen molar-refractivity contribution in [2.45, 2.75) is 44.1 Å². The lowest BCUT2D eigenvalue weighted by atomic mass is 10.1. The molecule has 0 aromatic carbocycles. The summed E-state index contributed by atoms with van der Waals surface area (Å²) in [5, 5.41) is 5.77. The van der Waals surface area contributed by atoms with Gasteiger partial charge in [0.15, 0.2) is 0 Å². The Morgan fingerprint density at radius 3 is 2.81 bits per heavy atom. The van der Waals surface area contributed by atoms with E-state index in [0.29, 0.717) is 6.61 Å². The highest BCUT2D eigenvalue weighted by molar-refractivity contribution is 5.85. The fraction of sp³-hybridized carbons (Fsp3) is 0.900. The quantitative estimate of drug-likeness (QED) is 0.748. The minimum atomic E-state index is -0.891. The van der Waals surface area contributed by atoms with Crippen LogP contribution in [0.25, 0.3) is 0 Å². The minimum absolute atomic E-state index is 0. The maximum Gasteiger partial charge on any atom is 0.237 e. The van der Waals surface area contributed by atoms with Gasteiger partial charge in [-0.2, -0.15) is 0 Å². The standard InChI is InChI=1S/C10H17FN2O2.ClH/c1-6-8(2-3-15-6)13-10(14)9-4-7(11)5-12-9;/h6-9,12H,2-5H2,1H3,(H,13,14);1H/t6?,7-,8?,9+;/m0./s1. The van der Waals surface area contributed by atoms with Crippen molar-refractivity contribution in [3.05, 3.63) is 0 Å². The number of rotatable bonds is 2. The lowest BCUT2D eigenvalue weighted by Gasteiger charge is -2.18. The Morgan fingerprint density at radius 1 is 1.56 bits per heavy atom. The lowest BCUT2D eigenvalue weighted by molar-refractivity contribution is -0.123. The molecule has 0 aromatic heterocycles. The normalized spacial score (nSPS) is 38.1. The molecule has 4 atom stereocenters. The zero-order chi connectivity index (χ0) is 10.8. The van der Waals surface area contributed by atoms with Crippen LogP contribution >= 0.6 is 12.4 Å². The van der Waals surface area contributed by atoms with Crippen LogP contribution in [-0.2, 0) is 9.53 Å². The van der Waals surface area contributed by atoms with Crippen LogP contribution in [0.5, 0.6) is 0 Å². The summed E-state index contributed by atoms with van der Waals surface area (Å²) < 4.78 is 18.2. The van der Waals surface area contributed by atoms with Crippen molar-refractivity contribution >= 4 is 18.3 Å². The van der Waals surface area contributed by atoms with Crippen molar-refractivity contribution in [1.29, 1.82) is 0 Å². The van der Waals surface area contributed by atoms with Gasteiger partial charge in [-0.3, -0.25) is 4.79 Å². The molecule has 0 spiro atoms. The highest BCUT2D eigenvalue weighted by atomic mass is 35.5. The second-order valence-corrected chi connectivity index (χ2v) is 4.27. The van der Waals surface area contributed by atoms with E-state index in [-0.39, 0.29) is 49.5 Å². The smallest absolute Gasteiger partial charge is 0.237 e. The molecule has 94 valence electrons. The summed E-state index contributed by atoms with van der Waals surface area (Å²) in [6.45, 7) is 2.92. The molecule has 0 saturated carbocycles. The Balaban J connectivity index is 0.00000128. The van der Waals surface area contributed by atoms with E-state index < -0.39 is 6.17 Å². The van der Waals surface area contributed by atoms with Crippen molar-refractivity contribution in [1.82, 2.24) is 10.6 Å². The first-order valence-corrected chi connectivity index (χ1v) is 5.46. The van der Waals surface area contributed by atoms with Gasteiger partial charge in [-0.25, -0.2) is 4.39 Å². The molecule has 0 radical (unpaired) electrons. The summed E-state index contributed by atoms with van der Waals surface area (Å²) in [7, 11) is 0. The molecule has 2 unspecified atom stereocenters. The van der Waals surface area contributed by atoms with Crippen LogP contribution < -0.4 is 10.6 Å². The molecule has 2 fully saturated rings. The summed E-state index contributed by atoms with van der Waals surface area (Å²) in [4.78, 5) is 11.7. The lowest BCUT2D eigenvalue weighted by Crippen LogP contribution is -2.47. The maximum atomic E-state index is 12.9. The van der Waals surface area contributed by atoms with E-state index in [0.717, 1.165) is 6.42 Å². The monoisotopic (exact) mass is 252 g/mol. The number of hydrogen-bond donors (Lipinski definition) is 2. The second-order valence-electron chi connectivity index (χ2n) is 4.27. The number of alkyl halides is 1. The summed E-state index contributed by atoms with van der Waals surface area (Å²) in [6.07, 6.45) is 0.307. The summed E-state index contributed by atoms with van der Waals surface area (Å²) in [6, 6.07) is -0.286. The van der Waals surface area contributed by atoms with E-state index in [1.54, 1.807) is 0 Å². The predicted octanol–water partition coefficient (Wildman–Crippen LogP) is 0.402. The molecule has 2 aliphatic heterocycles. The highest BCUT2D eigenvalue weighted by Crippen LogP contribution is 2.14. The molecule has 2 N–H and O–H groups in total. The summed E-state index contributed by atoms with van der Waals surface area (Å²) >= 11 is 0. The Hall–Kier alpha value is -0.390. The van der Waals surface area contributed by atoms with Crippen molar-refractivity contribution in [2.75, 3.05) is 13.2 Å². The molecule has 4 nitrogen and oxygen atoms in total. The summed E-state index contributed by atoms with van der Waals surface area (Å²) in [5.74, 6) is -0.0995. The van der Waals surface area contributed by atoms with Gasteiger partial charge in [0.2, 0.25) is 5.91 Å². The fourth-order valence-corrected chi connectivity index (χ4v) is 2.10. The van der Waals surface area contributed by atoms with E-state index >= 15 is 0 Å². The van der Waals surface area contributed by atoms with Gasteiger partial charge in [-0.05, 0) is 13.3 Å². The van der Waals surface area contributed by atoms with Gasteiger partial charge in [0.1, 0.15) is 6.17 Å². The first-order chi connectivity index (χ1) is 7.16. The number of amides is 1. The number of carbonyl (C=O) groups excluding carboxylic acids is 1. The van der Waals surface area contributed by atoms with Gasteiger partial charge >= 0.3 is 0 Å². The third-order valence-corrected chi connectivity index (χ3v) is 3.10. The average Bonchev–Trinajstić information content (AvgIpc) is 2.77. The molecular formula is C10H18ClFN2O2. The van der Waals surface area contributed by atoms with E-state index in [1.807, 2.05) is 6.92 Å². The first-order valence-electron chi connectivity index (χ1n) is 5.46. The van der Waals surface area contributed by atoms with Gasteiger partial charge in [0.05, 0.1) is 18.2 Å². The SMILES string of the molecule is CC1OCCC1NC(=O)[C@H]1C[C@H](F)CN1.Cl. The van der Waals surface area contributed by atoms with Gasteiger partial charge in [0, 0.05) is 19.6 Å². The average molecular weight is 253 g/mol. The van der Waals surface area contributed by atoms with Crippen molar-refractivity contribution in [2.24, 2.45) is 0 Å². The Bertz CT molecular complexity index is 255. The molecular weight excluding hydrogens is 235 g/mol. The molecule has 1 amide bonds. The molecule has 2 saturated heterocycles. The largest absolute Gasteiger partial charge is 0.376 e. The number of hydrogen-bond acceptors (Lipinski definition) is 3. The van der Waals surface area contributed by atoms with Crippen molar-refractivity contribution in [3.8, 4) is 0 Å². The number of ether oxygens (including phenoxy) is 1. The maximum absolute atomic E-state index is 12.9. The van der Waals surface area contributed by atoms with Gasteiger partial charge in [-0.15, -0.1) is 12.4 Å². The Labute approximate surface area is 101 Å². The zero-order valence-corrected chi connectivity index (χ0v) is 10.1. The van der Waals surface area contributed by atoms with Crippen LogP contribution in [-0.4, -0.2) is 43.4 Å². The third kappa shape index (κ3) is 3.06. The minimum Gasteiger partial charge on any atom is -0.376 e. The van der Waals surface area contributed by atoms with Crippen LogP contribution in [0.3, 0.4) is 0 Å². The van der Waals surface area contributed by atoms with Crippen LogP contribution in [0.2, 0.25) is 0 Å². The highest BCUT2D eigenvalue weighted by Gasteiger charge is 2.32. The fourth-order valence-electron chi connectivity index (χ4n) is 2.10. The molecule has 0 bridgehead atoms. The van der Waals surface area contributed by atoms with Crippen LogP contribution in [0.15, 0.2) is 0 Å². The van der Waals surface area contributed by atoms with Gasteiger partial charge in [0.25, 0.3) is 0 Å². The van der Waals surface area contributed by atoms with E-state index in [1.165, 1.54) is 0 Å². The molecule has 2 heterocycles. The van der Waals surface area contributed by atoms with Crippen LogP contribution in [0.4, 0.5) is 4.39 Å². The van der Waals surface area contributed by atoms with Crippen LogP contribution in [0.1, 0.15) is 19.8 Å². The molecule has 0 aliphatic carbocycles. The van der Waals surface area contributed by atoms with E-state index in [2.05, 4.69) is 10.6 Å². The molecule has 2 rings (SSSR count). The zero-order valence-electron chi connectivity index (χ0n) is 9.24. The van der Waals surface area contributed by atoms with Crippen molar-refractivity contribution in [3.63, 3.8) is 0 Å². The predicted molar refractivity (Wildman–Crippen MR) is 60.5 cm³/mol.